The van der Waals surface area contributed by atoms with Crippen LogP contribution in [0.1, 0.15) is 17.7 Å². The molecule has 1 atom stereocenters. The van der Waals surface area contributed by atoms with Gasteiger partial charge in [0.05, 0.1) is 18.6 Å². The third-order valence-electron chi connectivity index (χ3n) is 3.24. The summed E-state index contributed by atoms with van der Waals surface area (Å²) >= 11 is 7.41. The number of carbonyl (C=O) groups excluding carboxylic acids is 1. The van der Waals surface area contributed by atoms with Gasteiger partial charge in [0.2, 0.25) is 5.91 Å². The zero-order valence-electron chi connectivity index (χ0n) is 12.8. The minimum absolute atomic E-state index is 0.0857. The van der Waals surface area contributed by atoms with Crippen LogP contribution in [-0.4, -0.2) is 18.8 Å². The number of amides is 1. The Morgan fingerprint density at radius 1 is 1.30 bits per heavy atom. The molecule has 2 rings (SSSR count). The highest BCUT2D eigenvalue weighted by molar-refractivity contribution is 8.00. The van der Waals surface area contributed by atoms with Gasteiger partial charge in [-0.2, -0.15) is 0 Å². The van der Waals surface area contributed by atoms with Crippen LogP contribution in [0.4, 0.5) is 10.1 Å². The van der Waals surface area contributed by atoms with Crippen molar-refractivity contribution in [1.82, 2.24) is 0 Å². The van der Waals surface area contributed by atoms with Gasteiger partial charge in [0, 0.05) is 10.3 Å². The summed E-state index contributed by atoms with van der Waals surface area (Å²) in [7, 11) is 1.53. The lowest BCUT2D eigenvalue weighted by Gasteiger charge is -2.13. The summed E-state index contributed by atoms with van der Waals surface area (Å²) in [5.74, 6) is 0.411. The number of rotatable bonds is 6. The number of hydrogen-bond donors (Lipinski definition) is 1. The molecule has 0 aliphatic carbocycles. The number of hydrogen-bond acceptors (Lipinski definition) is 3. The SMILES string of the molecule is COc1ccc(Cl)cc1NC(=O)CSC(C)c1ccc(F)cc1. The van der Waals surface area contributed by atoms with Crippen LogP contribution in [0, 0.1) is 5.82 Å². The quantitative estimate of drug-likeness (QED) is 0.801. The topological polar surface area (TPSA) is 38.3 Å². The molecule has 1 amide bonds. The van der Waals surface area contributed by atoms with Gasteiger partial charge in [0.1, 0.15) is 11.6 Å². The van der Waals surface area contributed by atoms with Crippen molar-refractivity contribution >= 4 is 35.0 Å². The average molecular weight is 354 g/mol. The van der Waals surface area contributed by atoms with Gasteiger partial charge in [0.15, 0.2) is 0 Å². The molecular formula is C17H17ClFNO2S. The number of methoxy groups -OCH3 is 1. The highest BCUT2D eigenvalue weighted by atomic mass is 35.5. The van der Waals surface area contributed by atoms with E-state index in [4.69, 9.17) is 16.3 Å². The summed E-state index contributed by atoms with van der Waals surface area (Å²) in [4.78, 5) is 12.1. The molecular weight excluding hydrogens is 337 g/mol. The van der Waals surface area contributed by atoms with Crippen LogP contribution in [0.5, 0.6) is 5.75 Å². The first-order valence-corrected chi connectivity index (χ1v) is 8.42. The Kier molecular flexibility index (Phi) is 6.30. The number of thioether (sulfide) groups is 1. The van der Waals surface area contributed by atoms with E-state index in [0.717, 1.165) is 5.56 Å². The van der Waals surface area contributed by atoms with Crippen molar-refractivity contribution in [2.24, 2.45) is 0 Å². The van der Waals surface area contributed by atoms with Crippen LogP contribution < -0.4 is 10.1 Å². The third-order valence-corrected chi connectivity index (χ3v) is 4.68. The minimum Gasteiger partial charge on any atom is -0.495 e. The zero-order chi connectivity index (χ0) is 16.8. The fourth-order valence-corrected chi connectivity index (χ4v) is 2.99. The fraction of sp³-hybridized carbons (Fsp3) is 0.235. The number of halogens is 2. The van der Waals surface area contributed by atoms with E-state index in [1.807, 2.05) is 6.92 Å². The monoisotopic (exact) mass is 353 g/mol. The van der Waals surface area contributed by atoms with E-state index < -0.39 is 0 Å². The molecule has 2 aromatic rings. The Hall–Kier alpha value is -1.72. The molecule has 0 radical (unpaired) electrons. The largest absolute Gasteiger partial charge is 0.495 e. The second kappa shape index (κ2) is 8.22. The van der Waals surface area contributed by atoms with Crippen LogP contribution >= 0.6 is 23.4 Å². The predicted molar refractivity (Wildman–Crippen MR) is 93.9 cm³/mol. The van der Waals surface area contributed by atoms with Gasteiger partial charge in [-0.25, -0.2) is 4.39 Å². The van der Waals surface area contributed by atoms with Crippen molar-refractivity contribution in [3.05, 3.63) is 58.9 Å². The summed E-state index contributed by atoms with van der Waals surface area (Å²) in [6.07, 6.45) is 0. The van der Waals surface area contributed by atoms with Crippen LogP contribution in [-0.2, 0) is 4.79 Å². The number of benzene rings is 2. The van der Waals surface area contributed by atoms with Crippen molar-refractivity contribution in [2.75, 3.05) is 18.2 Å². The molecule has 3 nitrogen and oxygen atoms in total. The molecule has 0 aliphatic rings. The van der Waals surface area contributed by atoms with E-state index in [9.17, 15) is 9.18 Å². The summed E-state index contributed by atoms with van der Waals surface area (Å²) < 4.78 is 18.1. The molecule has 1 unspecified atom stereocenters. The lowest BCUT2D eigenvalue weighted by Crippen LogP contribution is -2.15. The molecule has 0 saturated carbocycles. The molecule has 2 aromatic carbocycles. The van der Waals surface area contributed by atoms with Crippen molar-refractivity contribution in [2.45, 2.75) is 12.2 Å². The van der Waals surface area contributed by atoms with Crippen molar-refractivity contribution < 1.29 is 13.9 Å². The standard InChI is InChI=1S/C17H17ClFNO2S/c1-11(12-3-6-14(19)7-4-12)23-10-17(21)20-15-9-13(18)5-8-16(15)22-2/h3-9,11H,10H2,1-2H3,(H,20,21). The van der Waals surface area contributed by atoms with Crippen LogP contribution in [0.3, 0.4) is 0 Å². The molecule has 1 N–H and O–H groups in total. The van der Waals surface area contributed by atoms with Crippen molar-refractivity contribution in [3.8, 4) is 5.75 Å². The van der Waals surface area contributed by atoms with Crippen LogP contribution in [0.15, 0.2) is 42.5 Å². The lowest BCUT2D eigenvalue weighted by atomic mass is 10.2. The molecule has 0 saturated heterocycles. The highest BCUT2D eigenvalue weighted by Gasteiger charge is 2.12. The van der Waals surface area contributed by atoms with E-state index in [1.54, 1.807) is 30.3 Å². The maximum atomic E-state index is 12.9. The van der Waals surface area contributed by atoms with Crippen molar-refractivity contribution in [3.63, 3.8) is 0 Å². The van der Waals surface area contributed by atoms with Gasteiger partial charge in [-0.05, 0) is 42.8 Å². The Labute approximate surface area is 144 Å². The first-order valence-electron chi connectivity index (χ1n) is 7.00. The number of carbonyl (C=O) groups is 1. The Balaban J connectivity index is 1.92. The maximum absolute atomic E-state index is 12.9. The molecule has 23 heavy (non-hydrogen) atoms. The highest BCUT2D eigenvalue weighted by Crippen LogP contribution is 2.30. The van der Waals surface area contributed by atoms with Gasteiger partial charge >= 0.3 is 0 Å². The predicted octanol–water partition coefficient (Wildman–Crippen LogP) is 4.92. The first-order chi connectivity index (χ1) is 11.0. The number of nitrogens with one attached hydrogen (secondary N) is 1. The molecule has 0 spiro atoms. The van der Waals surface area contributed by atoms with E-state index in [2.05, 4.69) is 5.32 Å². The Bertz CT molecular complexity index is 679. The molecule has 0 bridgehead atoms. The maximum Gasteiger partial charge on any atom is 0.234 e. The summed E-state index contributed by atoms with van der Waals surface area (Å²) in [5.41, 5.74) is 1.52. The Morgan fingerprint density at radius 2 is 2.00 bits per heavy atom. The molecule has 0 heterocycles. The Morgan fingerprint density at radius 3 is 2.65 bits per heavy atom. The molecule has 6 heteroatoms. The second-order valence-corrected chi connectivity index (χ2v) is 6.66. The number of anilines is 1. The molecule has 122 valence electrons. The summed E-state index contributed by atoms with van der Waals surface area (Å²) in [6.45, 7) is 1.98. The molecule has 0 aromatic heterocycles. The van der Waals surface area contributed by atoms with Crippen molar-refractivity contribution in [1.29, 1.82) is 0 Å². The molecule has 0 aliphatic heterocycles. The smallest absolute Gasteiger partial charge is 0.234 e. The van der Waals surface area contributed by atoms with E-state index in [-0.39, 0.29) is 22.7 Å². The average Bonchev–Trinajstić information content (AvgIpc) is 2.53. The summed E-state index contributed by atoms with van der Waals surface area (Å²) in [6, 6.07) is 11.3. The second-order valence-electron chi connectivity index (χ2n) is 4.90. The van der Waals surface area contributed by atoms with E-state index >= 15 is 0 Å². The lowest BCUT2D eigenvalue weighted by molar-refractivity contribution is -0.113. The van der Waals surface area contributed by atoms with Crippen LogP contribution in [0.25, 0.3) is 0 Å². The minimum atomic E-state index is -0.267. The zero-order valence-corrected chi connectivity index (χ0v) is 14.4. The van der Waals surface area contributed by atoms with Gasteiger partial charge in [-0.3, -0.25) is 4.79 Å². The fourth-order valence-electron chi connectivity index (χ4n) is 1.99. The van der Waals surface area contributed by atoms with Gasteiger partial charge < -0.3 is 10.1 Å². The van der Waals surface area contributed by atoms with E-state index in [0.29, 0.717) is 16.5 Å². The summed E-state index contributed by atoms with van der Waals surface area (Å²) in [5, 5.41) is 3.40. The van der Waals surface area contributed by atoms with Gasteiger partial charge in [-0.15, -0.1) is 11.8 Å². The van der Waals surface area contributed by atoms with E-state index in [1.165, 1.54) is 31.0 Å². The van der Waals surface area contributed by atoms with Crippen LogP contribution in [0.2, 0.25) is 5.02 Å². The third kappa shape index (κ3) is 5.15. The van der Waals surface area contributed by atoms with Gasteiger partial charge in [-0.1, -0.05) is 23.7 Å². The first kappa shape index (κ1) is 17.6. The molecule has 0 fully saturated rings. The normalized spacial score (nSPS) is 11.8. The van der Waals surface area contributed by atoms with Gasteiger partial charge in [0.25, 0.3) is 0 Å². The number of ether oxygens (including phenoxy) is 1.